The zero-order chi connectivity index (χ0) is 20.2. The Kier molecular flexibility index (Phi) is 9.38. The summed E-state index contributed by atoms with van der Waals surface area (Å²) in [5.41, 5.74) is -0.910. The van der Waals surface area contributed by atoms with Crippen molar-refractivity contribution in [2.45, 2.75) is 76.6 Å². The van der Waals surface area contributed by atoms with Crippen molar-refractivity contribution in [3.05, 3.63) is 48.0 Å². The van der Waals surface area contributed by atoms with Crippen molar-refractivity contribution >= 4 is 11.8 Å². The Bertz CT molecular complexity index is 640. The lowest BCUT2D eigenvalue weighted by Crippen LogP contribution is -2.50. The van der Waals surface area contributed by atoms with Gasteiger partial charge in [0.2, 0.25) is 6.29 Å². The monoisotopic (exact) mass is 388 g/mol. The fourth-order valence-corrected chi connectivity index (χ4v) is 3.37. The smallest absolute Gasteiger partial charge is 0.340 e. The number of benzene rings is 1. The van der Waals surface area contributed by atoms with Crippen molar-refractivity contribution in [2.24, 2.45) is 0 Å². The van der Waals surface area contributed by atoms with Crippen LogP contribution in [-0.2, 0) is 14.3 Å². The van der Waals surface area contributed by atoms with Crippen LogP contribution in [0.15, 0.2) is 42.5 Å². The van der Waals surface area contributed by atoms with Gasteiger partial charge in [-0.2, -0.15) is 0 Å². The van der Waals surface area contributed by atoms with Crippen molar-refractivity contribution in [2.75, 3.05) is 6.61 Å². The van der Waals surface area contributed by atoms with Gasteiger partial charge in [0.05, 0.1) is 12.2 Å². The Morgan fingerprint density at radius 1 is 1.07 bits per heavy atom. The maximum Gasteiger partial charge on any atom is 0.340 e. The van der Waals surface area contributed by atoms with Crippen LogP contribution in [0.2, 0.25) is 0 Å². The molecule has 1 aliphatic heterocycles. The van der Waals surface area contributed by atoms with E-state index in [4.69, 9.17) is 9.47 Å². The van der Waals surface area contributed by atoms with Crippen molar-refractivity contribution < 1.29 is 24.2 Å². The van der Waals surface area contributed by atoms with E-state index >= 15 is 0 Å². The SMILES string of the molecule is CCCCCCCCCCC1(CO)OC(OC(=O)c2ccccc2)C=CC1=O. The van der Waals surface area contributed by atoms with Crippen LogP contribution in [-0.4, -0.2) is 35.4 Å². The second kappa shape index (κ2) is 11.8. The number of carbonyl (C=O) groups excluding carboxylic acids is 2. The van der Waals surface area contributed by atoms with Gasteiger partial charge in [0.25, 0.3) is 0 Å². The highest BCUT2D eigenvalue weighted by Crippen LogP contribution is 2.28. The molecule has 154 valence electrons. The van der Waals surface area contributed by atoms with Crippen molar-refractivity contribution in [3.63, 3.8) is 0 Å². The van der Waals surface area contributed by atoms with Gasteiger partial charge in [0.1, 0.15) is 0 Å². The molecule has 0 spiro atoms. The molecule has 2 unspecified atom stereocenters. The maximum absolute atomic E-state index is 12.4. The number of esters is 1. The number of hydrogen-bond acceptors (Lipinski definition) is 5. The summed E-state index contributed by atoms with van der Waals surface area (Å²) in [6, 6.07) is 8.61. The summed E-state index contributed by atoms with van der Waals surface area (Å²) in [4.78, 5) is 24.6. The molecule has 1 heterocycles. The third-order valence-electron chi connectivity index (χ3n) is 5.12. The minimum atomic E-state index is -1.32. The Hall–Kier alpha value is -1.98. The summed E-state index contributed by atoms with van der Waals surface area (Å²) in [6.45, 7) is 1.78. The number of hydrogen-bond donors (Lipinski definition) is 1. The summed E-state index contributed by atoms with van der Waals surface area (Å²) >= 11 is 0. The van der Waals surface area contributed by atoms with E-state index in [2.05, 4.69) is 6.92 Å². The molecule has 1 aliphatic rings. The Morgan fingerprint density at radius 2 is 1.71 bits per heavy atom. The molecule has 2 rings (SSSR count). The second-order valence-corrected chi connectivity index (χ2v) is 7.36. The number of rotatable bonds is 12. The number of ether oxygens (including phenoxy) is 2. The lowest BCUT2D eigenvalue weighted by atomic mass is 9.90. The van der Waals surface area contributed by atoms with Gasteiger partial charge in [-0.05, 0) is 30.7 Å². The predicted molar refractivity (Wildman–Crippen MR) is 108 cm³/mol. The van der Waals surface area contributed by atoms with Crippen LogP contribution >= 0.6 is 0 Å². The van der Waals surface area contributed by atoms with Gasteiger partial charge in [-0.15, -0.1) is 0 Å². The highest BCUT2D eigenvalue weighted by molar-refractivity contribution is 5.98. The standard InChI is InChI=1S/C23H32O5/c1-2-3-4-5-6-7-8-12-17-23(18-24)20(25)15-16-21(28-23)27-22(26)19-13-10-9-11-14-19/h9-11,13-16,21,24H,2-8,12,17-18H2,1H3. The van der Waals surface area contributed by atoms with E-state index in [9.17, 15) is 14.7 Å². The van der Waals surface area contributed by atoms with Gasteiger partial charge in [-0.25, -0.2) is 4.79 Å². The average molecular weight is 389 g/mol. The van der Waals surface area contributed by atoms with E-state index in [1.54, 1.807) is 24.3 Å². The van der Waals surface area contributed by atoms with Crippen LogP contribution in [0.3, 0.4) is 0 Å². The van der Waals surface area contributed by atoms with Gasteiger partial charge in [0, 0.05) is 0 Å². The van der Waals surface area contributed by atoms with Crippen LogP contribution in [0, 0.1) is 0 Å². The van der Waals surface area contributed by atoms with Gasteiger partial charge in [-0.3, -0.25) is 4.79 Å². The number of ketones is 1. The molecule has 0 fully saturated rings. The predicted octanol–water partition coefficient (Wildman–Crippen LogP) is 4.59. The highest BCUT2D eigenvalue weighted by Gasteiger charge is 2.42. The van der Waals surface area contributed by atoms with E-state index in [1.165, 1.54) is 44.3 Å². The molecule has 2 atom stereocenters. The first-order valence-electron chi connectivity index (χ1n) is 10.4. The van der Waals surface area contributed by atoms with Gasteiger partial charge < -0.3 is 14.6 Å². The second-order valence-electron chi connectivity index (χ2n) is 7.36. The van der Waals surface area contributed by atoms with Crippen molar-refractivity contribution in [3.8, 4) is 0 Å². The molecule has 5 nitrogen and oxygen atoms in total. The van der Waals surface area contributed by atoms with Gasteiger partial charge in [0.15, 0.2) is 11.4 Å². The summed E-state index contributed by atoms with van der Waals surface area (Å²) in [5, 5.41) is 9.86. The molecular weight excluding hydrogens is 356 g/mol. The molecule has 5 heteroatoms. The third-order valence-corrected chi connectivity index (χ3v) is 5.12. The van der Waals surface area contributed by atoms with Crippen LogP contribution in [0.25, 0.3) is 0 Å². The van der Waals surface area contributed by atoms with E-state index in [-0.39, 0.29) is 5.78 Å². The van der Waals surface area contributed by atoms with E-state index in [0.717, 1.165) is 19.3 Å². The molecule has 0 saturated carbocycles. The third kappa shape index (κ3) is 6.57. The molecule has 28 heavy (non-hydrogen) atoms. The number of aliphatic hydroxyl groups is 1. The first kappa shape index (κ1) is 22.3. The molecular formula is C23H32O5. The van der Waals surface area contributed by atoms with Crippen molar-refractivity contribution in [1.29, 1.82) is 0 Å². The quantitative estimate of drug-likeness (QED) is 0.419. The molecule has 1 aromatic rings. The minimum Gasteiger partial charge on any atom is -0.428 e. The summed E-state index contributed by atoms with van der Waals surface area (Å²) in [6.07, 6.45) is 11.3. The molecule has 0 saturated heterocycles. The Morgan fingerprint density at radius 3 is 2.36 bits per heavy atom. The van der Waals surface area contributed by atoms with Crippen LogP contribution in [0.1, 0.15) is 75.1 Å². The first-order valence-corrected chi connectivity index (χ1v) is 10.4. The maximum atomic E-state index is 12.4. The largest absolute Gasteiger partial charge is 0.428 e. The van der Waals surface area contributed by atoms with Crippen LogP contribution in [0.5, 0.6) is 0 Å². The lowest BCUT2D eigenvalue weighted by molar-refractivity contribution is -0.191. The van der Waals surface area contributed by atoms with Crippen molar-refractivity contribution in [1.82, 2.24) is 0 Å². The molecule has 0 amide bonds. The molecule has 1 N–H and O–H groups in total. The zero-order valence-corrected chi connectivity index (χ0v) is 16.8. The number of unbranched alkanes of at least 4 members (excludes halogenated alkanes) is 7. The van der Waals surface area contributed by atoms with E-state index in [0.29, 0.717) is 12.0 Å². The van der Waals surface area contributed by atoms with E-state index in [1.807, 2.05) is 6.07 Å². The lowest BCUT2D eigenvalue weighted by Gasteiger charge is -2.35. The fourth-order valence-electron chi connectivity index (χ4n) is 3.37. The fraction of sp³-hybridized carbons (Fsp3) is 0.565. The Balaban J connectivity index is 1.83. The van der Waals surface area contributed by atoms with Crippen LogP contribution < -0.4 is 0 Å². The molecule has 1 aromatic carbocycles. The number of aliphatic hydroxyl groups excluding tert-OH is 1. The average Bonchev–Trinajstić information content (AvgIpc) is 2.72. The molecule has 0 aliphatic carbocycles. The van der Waals surface area contributed by atoms with Crippen LogP contribution in [0.4, 0.5) is 0 Å². The van der Waals surface area contributed by atoms with Gasteiger partial charge >= 0.3 is 5.97 Å². The summed E-state index contributed by atoms with van der Waals surface area (Å²) < 4.78 is 11.1. The summed E-state index contributed by atoms with van der Waals surface area (Å²) in [7, 11) is 0. The summed E-state index contributed by atoms with van der Waals surface area (Å²) in [5.74, 6) is -0.798. The molecule has 0 bridgehead atoms. The zero-order valence-electron chi connectivity index (χ0n) is 16.8. The first-order chi connectivity index (χ1) is 13.6. The molecule has 0 aromatic heterocycles. The normalized spacial score (nSPS) is 21.6. The minimum absolute atomic E-state index is 0.273. The van der Waals surface area contributed by atoms with Gasteiger partial charge in [-0.1, -0.05) is 76.5 Å². The van der Waals surface area contributed by atoms with E-state index < -0.39 is 24.5 Å². The number of carbonyl (C=O) groups is 2. The molecule has 0 radical (unpaired) electrons. The Labute approximate surface area is 167 Å². The topological polar surface area (TPSA) is 72.8 Å². The highest BCUT2D eigenvalue weighted by atomic mass is 16.7.